The third-order valence-electron chi connectivity index (χ3n) is 8.96. The summed E-state index contributed by atoms with van der Waals surface area (Å²) >= 11 is 0. The summed E-state index contributed by atoms with van der Waals surface area (Å²) < 4.78 is 39.2. The van der Waals surface area contributed by atoms with Crippen molar-refractivity contribution in [1.82, 2.24) is 24.8 Å². The number of pyridine rings is 3. The molecule has 1 aliphatic rings. The van der Waals surface area contributed by atoms with Crippen molar-refractivity contribution in [2.45, 2.75) is 59.0 Å². The van der Waals surface area contributed by atoms with Crippen molar-refractivity contribution >= 4 is 23.7 Å². The zero-order valence-electron chi connectivity index (χ0n) is 35.1. The van der Waals surface area contributed by atoms with E-state index in [9.17, 15) is 14.4 Å². The van der Waals surface area contributed by atoms with Gasteiger partial charge in [0.15, 0.2) is 0 Å². The van der Waals surface area contributed by atoms with E-state index in [1.165, 1.54) is 14.2 Å². The second-order valence-electron chi connectivity index (χ2n) is 15.0. The van der Waals surface area contributed by atoms with E-state index in [0.717, 1.165) is 17.0 Å². The SMILES string of the molecule is COC(=O)c1cccc(CN2CCOCCOCCOCCN(Cc3cccc(C(=O)OC)n3)Cc3cc(OCCc4ccc(NC(=O)OC(C)(C)C)cc4)cc(n3)C2)n1. The van der Waals surface area contributed by atoms with Crippen molar-refractivity contribution in [2.75, 3.05) is 78.9 Å². The van der Waals surface area contributed by atoms with Gasteiger partial charge in [0.25, 0.3) is 0 Å². The molecule has 0 saturated heterocycles. The van der Waals surface area contributed by atoms with Gasteiger partial charge >= 0.3 is 18.0 Å². The summed E-state index contributed by atoms with van der Waals surface area (Å²) in [6.07, 6.45) is 0.0987. The number of carbonyl (C=O) groups is 3. The molecule has 322 valence electrons. The van der Waals surface area contributed by atoms with Crippen LogP contribution in [0, 0.1) is 0 Å². The number of rotatable bonds is 11. The van der Waals surface area contributed by atoms with Crippen LogP contribution in [0.2, 0.25) is 0 Å². The summed E-state index contributed by atoms with van der Waals surface area (Å²) in [7, 11) is 2.66. The van der Waals surface area contributed by atoms with Gasteiger partial charge in [-0.1, -0.05) is 24.3 Å². The zero-order valence-corrected chi connectivity index (χ0v) is 35.1. The van der Waals surface area contributed by atoms with Crippen molar-refractivity contribution in [3.63, 3.8) is 0 Å². The molecule has 3 aromatic heterocycles. The normalized spacial score (nSPS) is 15.2. The number of fused-ring (bicyclic) bond motifs is 2. The average molecular weight is 829 g/mol. The lowest BCUT2D eigenvalue weighted by atomic mass is 10.1. The number of nitrogens with one attached hydrogen (secondary N) is 1. The molecule has 1 N–H and O–H groups in total. The first kappa shape index (κ1) is 45.6. The van der Waals surface area contributed by atoms with Gasteiger partial charge in [-0.25, -0.2) is 24.4 Å². The van der Waals surface area contributed by atoms with E-state index in [2.05, 4.69) is 25.1 Å². The molecule has 0 radical (unpaired) electrons. The van der Waals surface area contributed by atoms with Crippen LogP contribution in [0.3, 0.4) is 0 Å². The third kappa shape index (κ3) is 15.9. The second-order valence-corrected chi connectivity index (χ2v) is 15.0. The van der Waals surface area contributed by atoms with E-state index in [4.69, 9.17) is 38.1 Å². The molecule has 0 saturated carbocycles. The molecule has 2 bridgehead atoms. The predicted octanol–water partition coefficient (Wildman–Crippen LogP) is 5.48. The highest BCUT2D eigenvalue weighted by Crippen LogP contribution is 2.21. The van der Waals surface area contributed by atoms with Crippen molar-refractivity contribution in [1.29, 1.82) is 0 Å². The fraction of sp³-hybridized carbons (Fsp3) is 0.455. The smallest absolute Gasteiger partial charge is 0.412 e. The number of carbonyl (C=O) groups excluding carboxylic acids is 3. The number of methoxy groups -OCH3 is 2. The first-order valence-electron chi connectivity index (χ1n) is 19.9. The molecule has 16 nitrogen and oxygen atoms in total. The fourth-order valence-electron chi connectivity index (χ4n) is 6.17. The minimum absolute atomic E-state index is 0.227. The molecule has 60 heavy (non-hydrogen) atoms. The van der Waals surface area contributed by atoms with Crippen LogP contribution in [-0.2, 0) is 61.0 Å². The Balaban J connectivity index is 1.39. The van der Waals surface area contributed by atoms with Crippen molar-refractivity contribution < 1.29 is 47.5 Å². The molecule has 5 rings (SSSR count). The Morgan fingerprint density at radius 1 is 0.683 bits per heavy atom. The van der Waals surface area contributed by atoms with Crippen LogP contribution in [0.4, 0.5) is 10.5 Å². The first-order chi connectivity index (χ1) is 29.0. The van der Waals surface area contributed by atoms with Crippen LogP contribution in [0.5, 0.6) is 5.75 Å². The number of amides is 1. The molecule has 16 heteroatoms. The van der Waals surface area contributed by atoms with Gasteiger partial charge in [0.2, 0.25) is 0 Å². The molecule has 1 aliphatic heterocycles. The maximum absolute atomic E-state index is 12.3. The average Bonchev–Trinajstić information content (AvgIpc) is 3.22. The summed E-state index contributed by atoms with van der Waals surface area (Å²) in [5.41, 5.74) is 4.42. The van der Waals surface area contributed by atoms with E-state index in [0.29, 0.717) is 115 Å². The Labute approximate surface area is 351 Å². The molecule has 4 heterocycles. The quantitative estimate of drug-likeness (QED) is 0.149. The van der Waals surface area contributed by atoms with Gasteiger partial charge in [-0.2, -0.15) is 0 Å². The molecule has 1 aromatic carbocycles. The summed E-state index contributed by atoms with van der Waals surface area (Å²) in [5.74, 6) is -0.368. The molecular formula is C44H56N6O10. The van der Waals surface area contributed by atoms with Crippen molar-refractivity contribution in [3.05, 3.63) is 113 Å². The number of hydrogen-bond acceptors (Lipinski definition) is 15. The van der Waals surface area contributed by atoms with Crippen molar-refractivity contribution in [2.24, 2.45) is 0 Å². The van der Waals surface area contributed by atoms with E-state index in [-0.39, 0.29) is 11.4 Å². The highest BCUT2D eigenvalue weighted by atomic mass is 16.6. The van der Waals surface area contributed by atoms with Crippen LogP contribution in [0.1, 0.15) is 70.1 Å². The third-order valence-corrected chi connectivity index (χ3v) is 8.96. The first-order valence-corrected chi connectivity index (χ1v) is 19.9. The Kier molecular flexibility index (Phi) is 17.7. The summed E-state index contributed by atoms with van der Waals surface area (Å²) in [4.78, 5) is 55.4. The molecule has 1 amide bonds. The lowest BCUT2D eigenvalue weighted by Crippen LogP contribution is -2.30. The largest absolute Gasteiger partial charge is 0.493 e. The second kappa shape index (κ2) is 23.3. The van der Waals surface area contributed by atoms with Gasteiger partial charge < -0.3 is 33.2 Å². The van der Waals surface area contributed by atoms with E-state index in [1.54, 1.807) is 24.3 Å². The van der Waals surface area contributed by atoms with E-state index < -0.39 is 23.6 Å². The van der Waals surface area contributed by atoms with Gasteiger partial charge in [0, 0.05) is 63.5 Å². The van der Waals surface area contributed by atoms with Crippen molar-refractivity contribution in [3.8, 4) is 5.75 Å². The Morgan fingerprint density at radius 2 is 1.18 bits per heavy atom. The van der Waals surface area contributed by atoms with Gasteiger partial charge in [-0.05, 0) is 62.7 Å². The summed E-state index contributed by atoms with van der Waals surface area (Å²) in [6, 6.07) is 22.0. The van der Waals surface area contributed by atoms with E-state index >= 15 is 0 Å². The molecule has 4 aromatic rings. The van der Waals surface area contributed by atoms with E-state index in [1.807, 2.05) is 69.3 Å². The fourth-order valence-corrected chi connectivity index (χ4v) is 6.17. The standard InChI is InChI=1S/C44H56N6O10/c1-44(2,3)60-43(53)48-33-14-12-32(13-15-33)16-19-59-38-26-36-30-49(28-34-8-6-10-39(46-34)41(51)54-4)17-20-56-22-24-58-25-23-57-21-18-50(31-37(27-38)45-36)29-35-9-7-11-40(47-35)42(52)55-5/h6-15,26-27H,16-25,28-31H2,1-5H3,(H,48,53). The minimum atomic E-state index is -0.598. The maximum Gasteiger partial charge on any atom is 0.412 e. The number of anilines is 1. The van der Waals surface area contributed by atoms with Crippen LogP contribution in [-0.4, -0.2) is 122 Å². The van der Waals surface area contributed by atoms with Gasteiger partial charge in [0.1, 0.15) is 22.7 Å². The topological polar surface area (TPSA) is 173 Å². The highest BCUT2D eigenvalue weighted by molar-refractivity contribution is 5.87. The van der Waals surface area contributed by atoms with Crippen LogP contribution < -0.4 is 10.1 Å². The molecule has 0 spiro atoms. The van der Waals surface area contributed by atoms with Gasteiger partial charge in [-0.3, -0.25) is 20.1 Å². The summed E-state index contributed by atoms with van der Waals surface area (Å²) in [5, 5.41) is 2.76. The van der Waals surface area contributed by atoms with Crippen LogP contribution >= 0.6 is 0 Å². The summed E-state index contributed by atoms with van der Waals surface area (Å²) in [6.45, 7) is 11.1. The van der Waals surface area contributed by atoms with Crippen LogP contribution in [0.15, 0.2) is 72.8 Å². The molecule has 0 fully saturated rings. The predicted molar refractivity (Wildman–Crippen MR) is 222 cm³/mol. The Bertz CT molecular complexity index is 1890. The number of aromatic nitrogens is 3. The number of benzene rings is 1. The van der Waals surface area contributed by atoms with Crippen LogP contribution in [0.25, 0.3) is 0 Å². The van der Waals surface area contributed by atoms with Gasteiger partial charge in [0.05, 0.1) is 83.2 Å². The lowest BCUT2D eigenvalue weighted by molar-refractivity contribution is 0.00533. The monoisotopic (exact) mass is 828 g/mol. The number of ether oxygens (including phenoxy) is 7. The lowest BCUT2D eigenvalue weighted by Gasteiger charge is -2.24. The molecule has 0 unspecified atom stereocenters. The molecule has 0 aliphatic carbocycles. The molecule has 0 atom stereocenters. The highest BCUT2D eigenvalue weighted by Gasteiger charge is 2.18. The number of esters is 2. The Morgan fingerprint density at radius 3 is 1.67 bits per heavy atom. The Hall–Kier alpha value is -5.52. The maximum atomic E-state index is 12.3. The number of hydrogen-bond donors (Lipinski definition) is 1. The minimum Gasteiger partial charge on any atom is -0.493 e. The zero-order chi connectivity index (χ0) is 42.7. The van der Waals surface area contributed by atoms with Gasteiger partial charge in [-0.15, -0.1) is 0 Å². The molecular weight excluding hydrogens is 773 g/mol. The number of nitrogens with zero attached hydrogens (tertiary/aromatic N) is 5.